The number of benzene rings is 1. The zero-order valence-corrected chi connectivity index (χ0v) is 12.2. The molecule has 3 nitrogen and oxygen atoms in total. The summed E-state index contributed by atoms with van der Waals surface area (Å²) in [5.41, 5.74) is -0.184. The third-order valence-electron chi connectivity index (χ3n) is 3.36. The molecule has 0 aliphatic rings. The Hall–Kier alpha value is -1.65. The summed E-state index contributed by atoms with van der Waals surface area (Å²) in [6.07, 6.45) is 1.91. The van der Waals surface area contributed by atoms with Crippen molar-refractivity contribution in [1.29, 1.82) is 0 Å². The third kappa shape index (κ3) is 4.18. The lowest BCUT2D eigenvalue weighted by Crippen LogP contribution is -2.29. The van der Waals surface area contributed by atoms with Crippen LogP contribution in [0.2, 0.25) is 0 Å². The number of nitrogens with one attached hydrogen (secondary N) is 2. The number of amides is 1. The number of halogens is 2. The maximum absolute atomic E-state index is 13.7. The topological polar surface area (TPSA) is 41.1 Å². The van der Waals surface area contributed by atoms with E-state index in [0.717, 1.165) is 25.0 Å². The van der Waals surface area contributed by atoms with E-state index < -0.39 is 17.5 Å². The quantitative estimate of drug-likeness (QED) is 0.803. The first-order valence-electron chi connectivity index (χ1n) is 7.04. The second-order valence-corrected chi connectivity index (χ2v) is 4.74. The summed E-state index contributed by atoms with van der Waals surface area (Å²) >= 11 is 0. The van der Waals surface area contributed by atoms with Crippen LogP contribution in [0.3, 0.4) is 0 Å². The van der Waals surface area contributed by atoms with Gasteiger partial charge in [0.25, 0.3) is 5.91 Å². The summed E-state index contributed by atoms with van der Waals surface area (Å²) in [6, 6.07) is 2.12. The van der Waals surface area contributed by atoms with Crippen molar-refractivity contribution in [2.75, 3.05) is 18.4 Å². The molecule has 5 heteroatoms. The van der Waals surface area contributed by atoms with Crippen LogP contribution in [0.4, 0.5) is 14.5 Å². The summed E-state index contributed by atoms with van der Waals surface area (Å²) in [6.45, 7) is 6.77. The monoisotopic (exact) mass is 284 g/mol. The highest BCUT2D eigenvalue weighted by molar-refractivity contribution is 5.94. The zero-order chi connectivity index (χ0) is 15.1. The Morgan fingerprint density at radius 3 is 2.15 bits per heavy atom. The molecule has 0 aromatic heterocycles. The fourth-order valence-corrected chi connectivity index (χ4v) is 1.97. The van der Waals surface area contributed by atoms with Crippen LogP contribution in [-0.2, 0) is 0 Å². The zero-order valence-electron chi connectivity index (χ0n) is 12.2. The van der Waals surface area contributed by atoms with Crippen LogP contribution >= 0.6 is 0 Å². The fourth-order valence-electron chi connectivity index (χ4n) is 1.97. The summed E-state index contributed by atoms with van der Waals surface area (Å²) in [7, 11) is 0. The molecule has 0 saturated carbocycles. The summed E-state index contributed by atoms with van der Waals surface area (Å²) in [5, 5.41) is 5.31. The smallest absolute Gasteiger partial charge is 0.251 e. The molecule has 1 rings (SSSR count). The Balaban J connectivity index is 2.79. The van der Waals surface area contributed by atoms with Gasteiger partial charge in [-0.2, -0.15) is 0 Å². The number of anilines is 1. The molecule has 0 spiro atoms. The van der Waals surface area contributed by atoms with Gasteiger partial charge in [-0.15, -0.1) is 0 Å². The molecule has 0 atom stereocenters. The third-order valence-corrected chi connectivity index (χ3v) is 3.36. The Kier molecular flexibility index (Phi) is 6.42. The first kappa shape index (κ1) is 16.4. The molecular formula is C15H22F2N2O. The van der Waals surface area contributed by atoms with Crippen LogP contribution < -0.4 is 10.6 Å². The molecule has 1 amide bonds. The molecule has 1 aromatic carbocycles. The molecular weight excluding hydrogens is 262 g/mol. The molecule has 1 aromatic rings. The Labute approximate surface area is 118 Å². The Morgan fingerprint density at radius 2 is 1.70 bits per heavy atom. The second kappa shape index (κ2) is 7.82. The summed E-state index contributed by atoms with van der Waals surface area (Å²) in [5.74, 6) is -1.56. The van der Waals surface area contributed by atoms with Crippen molar-refractivity contribution in [1.82, 2.24) is 5.32 Å². The number of hydrogen-bond donors (Lipinski definition) is 2. The summed E-state index contributed by atoms with van der Waals surface area (Å²) in [4.78, 5) is 11.9. The largest absolute Gasteiger partial charge is 0.381 e. The van der Waals surface area contributed by atoms with Crippen LogP contribution in [0.1, 0.15) is 44.0 Å². The molecule has 0 radical (unpaired) electrons. The minimum Gasteiger partial charge on any atom is -0.381 e. The van der Waals surface area contributed by atoms with Gasteiger partial charge >= 0.3 is 0 Å². The van der Waals surface area contributed by atoms with Gasteiger partial charge < -0.3 is 10.6 Å². The molecule has 0 fully saturated rings. The van der Waals surface area contributed by atoms with Gasteiger partial charge in [-0.05, 0) is 25.0 Å². The normalized spacial score (nSPS) is 10.7. The van der Waals surface area contributed by atoms with Crippen molar-refractivity contribution in [3.8, 4) is 0 Å². The van der Waals surface area contributed by atoms with E-state index in [1.807, 2.05) is 13.8 Å². The van der Waals surface area contributed by atoms with Crippen LogP contribution in [0.5, 0.6) is 0 Å². The summed E-state index contributed by atoms with van der Waals surface area (Å²) < 4.78 is 27.4. The first-order valence-corrected chi connectivity index (χ1v) is 7.04. The van der Waals surface area contributed by atoms with Gasteiger partial charge in [0.2, 0.25) is 0 Å². The van der Waals surface area contributed by atoms with Gasteiger partial charge in [-0.3, -0.25) is 4.79 Å². The Bertz CT molecular complexity index is 436. The van der Waals surface area contributed by atoms with E-state index in [1.165, 1.54) is 0 Å². The number of carbonyl (C=O) groups excluding carboxylic acids is 1. The van der Waals surface area contributed by atoms with E-state index in [4.69, 9.17) is 0 Å². The molecule has 0 aliphatic carbocycles. The maximum atomic E-state index is 13.7. The number of carbonyl (C=O) groups is 1. The first-order chi connectivity index (χ1) is 9.53. The lowest BCUT2D eigenvalue weighted by Gasteiger charge is -2.14. The van der Waals surface area contributed by atoms with Crippen molar-refractivity contribution in [3.63, 3.8) is 0 Å². The predicted octanol–water partition coefficient (Wildman–Crippen LogP) is 3.56. The van der Waals surface area contributed by atoms with Crippen molar-refractivity contribution in [2.45, 2.75) is 33.6 Å². The van der Waals surface area contributed by atoms with Crippen molar-refractivity contribution in [2.24, 2.45) is 5.92 Å². The van der Waals surface area contributed by atoms with Gasteiger partial charge in [0.15, 0.2) is 0 Å². The van der Waals surface area contributed by atoms with Crippen LogP contribution in [-0.4, -0.2) is 19.0 Å². The average Bonchev–Trinajstić information content (AvgIpc) is 2.43. The van der Waals surface area contributed by atoms with Crippen molar-refractivity contribution in [3.05, 3.63) is 29.3 Å². The van der Waals surface area contributed by atoms with Gasteiger partial charge in [-0.1, -0.05) is 26.7 Å². The van der Waals surface area contributed by atoms with Crippen molar-refractivity contribution >= 4 is 11.6 Å². The van der Waals surface area contributed by atoms with Crippen molar-refractivity contribution < 1.29 is 13.6 Å². The molecule has 0 saturated heterocycles. The average molecular weight is 284 g/mol. The van der Waals surface area contributed by atoms with Gasteiger partial charge in [0, 0.05) is 18.7 Å². The minimum absolute atomic E-state index is 0.00705. The number of rotatable bonds is 7. The second-order valence-electron chi connectivity index (χ2n) is 4.74. The highest BCUT2D eigenvalue weighted by Gasteiger charge is 2.15. The van der Waals surface area contributed by atoms with E-state index >= 15 is 0 Å². The Morgan fingerprint density at radius 1 is 1.15 bits per heavy atom. The lowest BCUT2D eigenvalue weighted by atomic mass is 10.0. The highest BCUT2D eigenvalue weighted by Crippen LogP contribution is 2.20. The molecule has 20 heavy (non-hydrogen) atoms. The van der Waals surface area contributed by atoms with Crippen LogP contribution in [0.25, 0.3) is 0 Å². The molecule has 0 bridgehead atoms. The fraction of sp³-hybridized carbons (Fsp3) is 0.533. The minimum atomic E-state index is -0.750. The standard InChI is InChI=1S/C15H22F2N2O/c1-4-10(5-2)9-19-15(20)11-7-12(16)14(18-6-3)13(17)8-11/h7-8,10,18H,4-6,9H2,1-3H3,(H,19,20). The molecule has 0 heterocycles. The molecule has 0 unspecified atom stereocenters. The van der Waals surface area contributed by atoms with E-state index in [-0.39, 0.29) is 11.3 Å². The molecule has 2 N–H and O–H groups in total. The predicted molar refractivity (Wildman–Crippen MR) is 76.9 cm³/mol. The van der Waals surface area contributed by atoms with E-state index in [1.54, 1.807) is 6.92 Å². The number of hydrogen-bond acceptors (Lipinski definition) is 2. The SMILES string of the molecule is CCNc1c(F)cc(C(=O)NCC(CC)CC)cc1F. The van der Waals surface area contributed by atoms with Gasteiger partial charge in [0.1, 0.15) is 17.3 Å². The molecule has 0 aliphatic heterocycles. The van der Waals surface area contributed by atoms with Crippen LogP contribution in [0, 0.1) is 17.6 Å². The van der Waals surface area contributed by atoms with E-state index in [2.05, 4.69) is 10.6 Å². The van der Waals surface area contributed by atoms with Crippen LogP contribution in [0.15, 0.2) is 12.1 Å². The van der Waals surface area contributed by atoms with Gasteiger partial charge in [-0.25, -0.2) is 8.78 Å². The maximum Gasteiger partial charge on any atom is 0.251 e. The van der Waals surface area contributed by atoms with Gasteiger partial charge in [0.05, 0.1) is 0 Å². The lowest BCUT2D eigenvalue weighted by molar-refractivity contribution is 0.0945. The molecule has 112 valence electrons. The van der Waals surface area contributed by atoms with E-state index in [0.29, 0.717) is 19.0 Å². The van der Waals surface area contributed by atoms with E-state index in [9.17, 15) is 13.6 Å². The highest BCUT2D eigenvalue weighted by atomic mass is 19.1.